The van der Waals surface area contributed by atoms with Crippen molar-refractivity contribution in [3.05, 3.63) is 23.8 Å². The fraction of sp³-hybridized carbons (Fsp3) is 0.571. The van der Waals surface area contributed by atoms with Gasteiger partial charge in [0.15, 0.2) is 11.5 Å². The molecule has 1 aliphatic carbocycles. The summed E-state index contributed by atoms with van der Waals surface area (Å²) in [6.45, 7) is 3.15. The molecule has 3 N–H and O–H groups in total. The van der Waals surface area contributed by atoms with Crippen LogP contribution in [0.3, 0.4) is 0 Å². The van der Waals surface area contributed by atoms with Crippen molar-refractivity contribution in [1.82, 2.24) is 0 Å². The Morgan fingerprint density at radius 3 is 2.65 bits per heavy atom. The van der Waals surface area contributed by atoms with Gasteiger partial charge in [-0.3, -0.25) is 0 Å². The third-order valence-corrected chi connectivity index (χ3v) is 3.82. The Morgan fingerprint density at radius 2 is 2.06 bits per heavy atom. The third kappa shape index (κ3) is 2.25. The molecule has 0 saturated heterocycles. The van der Waals surface area contributed by atoms with Gasteiger partial charge in [-0.1, -0.05) is 18.9 Å². The topological polar surface area (TPSA) is 55.5 Å². The zero-order valence-corrected chi connectivity index (χ0v) is 10.4. The number of benzene rings is 1. The lowest BCUT2D eigenvalue weighted by Gasteiger charge is -2.28. The van der Waals surface area contributed by atoms with Crippen molar-refractivity contribution in [3.63, 3.8) is 0 Å². The molecule has 1 aliphatic rings. The standard InChI is InChI=1S/C14H21NO2/c1-2-17-13-9-11(5-6-12(13)16)14(10-15)7-3-4-8-14/h5-6,9,16H,2-4,7-8,10,15H2,1H3. The zero-order valence-electron chi connectivity index (χ0n) is 10.4. The van der Waals surface area contributed by atoms with Crippen molar-refractivity contribution < 1.29 is 9.84 Å². The van der Waals surface area contributed by atoms with Crippen molar-refractivity contribution in [2.45, 2.75) is 38.0 Å². The van der Waals surface area contributed by atoms with E-state index in [1.165, 1.54) is 18.4 Å². The van der Waals surface area contributed by atoms with Gasteiger partial charge < -0.3 is 15.6 Å². The predicted octanol–water partition coefficient (Wildman–Crippen LogP) is 2.56. The van der Waals surface area contributed by atoms with E-state index in [4.69, 9.17) is 10.5 Å². The minimum absolute atomic E-state index is 0.0968. The fourth-order valence-corrected chi connectivity index (χ4v) is 2.78. The highest BCUT2D eigenvalue weighted by Crippen LogP contribution is 2.42. The molecule has 0 aliphatic heterocycles. The first-order valence-corrected chi connectivity index (χ1v) is 6.38. The molecule has 1 saturated carbocycles. The molecule has 0 amide bonds. The Hall–Kier alpha value is -1.22. The first-order valence-electron chi connectivity index (χ1n) is 6.38. The average Bonchev–Trinajstić information content (AvgIpc) is 2.82. The SMILES string of the molecule is CCOc1cc(C2(CN)CCCC2)ccc1O. The van der Waals surface area contributed by atoms with Gasteiger partial charge in [-0.25, -0.2) is 0 Å². The molecule has 2 rings (SSSR count). The molecule has 1 aromatic rings. The number of ether oxygens (including phenoxy) is 1. The van der Waals surface area contributed by atoms with E-state index in [9.17, 15) is 5.11 Å². The number of phenols is 1. The molecule has 1 fully saturated rings. The number of rotatable bonds is 4. The van der Waals surface area contributed by atoms with Gasteiger partial charge in [-0.2, -0.15) is 0 Å². The van der Waals surface area contributed by atoms with Gasteiger partial charge in [0.1, 0.15) is 0 Å². The van der Waals surface area contributed by atoms with Gasteiger partial charge in [0.2, 0.25) is 0 Å². The number of hydrogen-bond donors (Lipinski definition) is 2. The average molecular weight is 235 g/mol. The summed E-state index contributed by atoms with van der Waals surface area (Å²) in [5.41, 5.74) is 7.26. The summed E-state index contributed by atoms with van der Waals surface area (Å²) < 4.78 is 5.44. The van der Waals surface area contributed by atoms with Crippen LogP contribution in [-0.4, -0.2) is 18.3 Å². The first-order chi connectivity index (χ1) is 8.22. The van der Waals surface area contributed by atoms with Crippen molar-refractivity contribution in [2.24, 2.45) is 5.73 Å². The largest absolute Gasteiger partial charge is 0.504 e. The Morgan fingerprint density at radius 1 is 1.35 bits per heavy atom. The minimum Gasteiger partial charge on any atom is -0.504 e. The molecule has 0 atom stereocenters. The third-order valence-electron chi connectivity index (χ3n) is 3.82. The molecule has 0 radical (unpaired) electrons. The van der Waals surface area contributed by atoms with Crippen LogP contribution >= 0.6 is 0 Å². The van der Waals surface area contributed by atoms with E-state index in [1.54, 1.807) is 6.07 Å². The van der Waals surface area contributed by atoms with Crippen molar-refractivity contribution >= 4 is 0 Å². The summed E-state index contributed by atoms with van der Waals surface area (Å²) in [6, 6.07) is 5.66. The lowest BCUT2D eigenvalue weighted by molar-refractivity contribution is 0.316. The van der Waals surface area contributed by atoms with Crippen LogP contribution in [0.25, 0.3) is 0 Å². The highest BCUT2D eigenvalue weighted by atomic mass is 16.5. The summed E-state index contributed by atoms with van der Waals surface area (Å²) in [5.74, 6) is 0.783. The maximum Gasteiger partial charge on any atom is 0.161 e. The summed E-state index contributed by atoms with van der Waals surface area (Å²) in [5, 5.41) is 9.71. The van der Waals surface area contributed by atoms with Crippen LogP contribution in [0.2, 0.25) is 0 Å². The molecule has 0 heterocycles. The highest BCUT2D eigenvalue weighted by molar-refractivity contribution is 5.44. The van der Waals surface area contributed by atoms with Gasteiger partial charge in [0.05, 0.1) is 6.61 Å². The van der Waals surface area contributed by atoms with Gasteiger partial charge in [0, 0.05) is 12.0 Å². The lowest BCUT2D eigenvalue weighted by Crippen LogP contribution is -2.31. The summed E-state index contributed by atoms with van der Waals surface area (Å²) >= 11 is 0. The maximum atomic E-state index is 9.71. The molecular weight excluding hydrogens is 214 g/mol. The van der Waals surface area contributed by atoms with Gasteiger partial charge >= 0.3 is 0 Å². The minimum atomic E-state index is 0.0968. The van der Waals surface area contributed by atoms with Crippen LogP contribution in [0.15, 0.2) is 18.2 Å². The van der Waals surface area contributed by atoms with E-state index in [0.717, 1.165) is 12.8 Å². The molecule has 0 bridgehead atoms. The Kier molecular flexibility index (Phi) is 3.57. The van der Waals surface area contributed by atoms with Crippen molar-refractivity contribution in [1.29, 1.82) is 0 Å². The van der Waals surface area contributed by atoms with Gasteiger partial charge in [0.25, 0.3) is 0 Å². The summed E-state index contributed by atoms with van der Waals surface area (Å²) in [4.78, 5) is 0. The summed E-state index contributed by atoms with van der Waals surface area (Å²) in [7, 11) is 0. The second-order valence-electron chi connectivity index (χ2n) is 4.81. The van der Waals surface area contributed by atoms with E-state index in [0.29, 0.717) is 18.9 Å². The van der Waals surface area contributed by atoms with E-state index in [-0.39, 0.29) is 11.2 Å². The second kappa shape index (κ2) is 4.96. The van der Waals surface area contributed by atoms with Gasteiger partial charge in [-0.15, -0.1) is 0 Å². The van der Waals surface area contributed by atoms with Gasteiger partial charge in [-0.05, 0) is 37.5 Å². The Balaban J connectivity index is 2.34. The van der Waals surface area contributed by atoms with E-state index in [1.807, 2.05) is 19.1 Å². The Labute approximate surface area is 103 Å². The molecule has 0 spiro atoms. The molecule has 3 heteroatoms. The van der Waals surface area contributed by atoms with E-state index >= 15 is 0 Å². The number of hydrogen-bond acceptors (Lipinski definition) is 3. The fourth-order valence-electron chi connectivity index (χ4n) is 2.78. The number of phenolic OH excluding ortho intramolecular Hbond substituents is 1. The lowest BCUT2D eigenvalue weighted by atomic mass is 9.79. The van der Waals surface area contributed by atoms with Crippen LogP contribution in [-0.2, 0) is 5.41 Å². The Bertz CT molecular complexity index is 384. The van der Waals surface area contributed by atoms with Crippen LogP contribution in [0, 0.1) is 0 Å². The molecular formula is C14H21NO2. The second-order valence-corrected chi connectivity index (χ2v) is 4.81. The van der Waals surface area contributed by atoms with Crippen LogP contribution in [0.1, 0.15) is 38.2 Å². The first kappa shape index (κ1) is 12.2. The molecule has 0 unspecified atom stereocenters. The van der Waals surface area contributed by atoms with Crippen molar-refractivity contribution in [3.8, 4) is 11.5 Å². The zero-order chi connectivity index (χ0) is 12.3. The molecule has 17 heavy (non-hydrogen) atoms. The number of nitrogens with two attached hydrogens (primary N) is 1. The molecule has 0 aromatic heterocycles. The van der Waals surface area contributed by atoms with E-state index < -0.39 is 0 Å². The predicted molar refractivity (Wildman–Crippen MR) is 68.5 cm³/mol. The van der Waals surface area contributed by atoms with Crippen LogP contribution in [0.4, 0.5) is 0 Å². The van der Waals surface area contributed by atoms with E-state index in [2.05, 4.69) is 0 Å². The molecule has 1 aromatic carbocycles. The summed E-state index contributed by atoms with van der Waals surface area (Å²) in [6.07, 6.45) is 4.75. The maximum absolute atomic E-state index is 9.71. The van der Waals surface area contributed by atoms with Crippen LogP contribution in [0.5, 0.6) is 11.5 Å². The smallest absolute Gasteiger partial charge is 0.161 e. The molecule has 3 nitrogen and oxygen atoms in total. The monoisotopic (exact) mass is 235 g/mol. The van der Waals surface area contributed by atoms with Crippen LogP contribution < -0.4 is 10.5 Å². The normalized spacial score (nSPS) is 18.2. The number of aromatic hydroxyl groups is 1. The molecule has 94 valence electrons. The quantitative estimate of drug-likeness (QED) is 0.843. The highest BCUT2D eigenvalue weighted by Gasteiger charge is 2.34. The van der Waals surface area contributed by atoms with Crippen molar-refractivity contribution in [2.75, 3.05) is 13.2 Å².